The van der Waals surface area contributed by atoms with Crippen LogP contribution in [-0.4, -0.2) is 38.6 Å². The van der Waals surface area contributed by atoms with Gasteiger partial charge < -0.3 is 10.2 Å². The number of hydrogen-bond donors (Lipinski definition) is 1. The van der Waals surface area contributed by atoms with Gasteiger partial charge in [0.2, 0.25) is 0 Å². The Morgan fingerprint density at radius 3 is 2.43 bits per heavy atom. The summed E-state index contributed by atoms with van der Waals surface area (Å²) in [4.78, 5) is 19.9. The topological polar surface area (TPSA) is 75.4 Å². The van der Waals surface area contributed by atoms with Crippen molar-refractivity contribution in [1.29, 1.82) is 0 Å². The summed E-state index contributed by atoms with van der Waals surface area (Å²) in [5.41, 5.74) is 2.69. The van der Waals surface area contributed by atoms with E-state index >= 15 is 0 Å². The average molecular weight is 398 g/mol. The Morgan fingerprint density at radius 2 is 1.67 bits per heavy atom. The predicted octanol–water partition coefficient (Wildman–Crippen LogP) is 4.03. The van der Waals surface area contributed by atoms with Gasteiger partial charge in [0.1, 0.15) is 17.2 Å². The highest BCUT2D eigenvalue weighted by molar-refractivity contribution is 6.04. The number of hydrogen-bond acceptors (Lipinski definition) is 5. The molecule has 1 amide bonds. The summed E-state index contributed by atoms with van der Waals surface area (Å²) in [5.74, 6) is 1.13. The molecule has 4 heterocycles. The first-order valence-electron chi connectivity index (χ1n) is 10.2. The lowest BCUT2D eigenvalue weighted by Gasteiger charge is -2.27. The molecule has 1 saturated heterocycles. The van der Waals surface area contributed by atoms with E-state index in [0.29, 0.717) is 11.5 Å². The number of pyridine rings is 1. The number of nitrogens with one attached hydrogen (secondary N) is 1. The van der Waals surface area contributed by atoms with Gasteiger partial charge in [0.15, 0.2) is 11.5 Å². The third kappa shape index (κ3) is 3.50. The van der Waals surface area contributed by atoms with Crippen LogP contribution in [0.1, 0.15) is 29.8 Å². The van der Waals surface area contributed by atoms with Crippen molar-refractivity contribution < 1.29 is 4.79 Å². The molecular formula is C23H22N6O. The molecule has 0 bridgehead atoms. The van der Waals surface area contributed by atoms with Gasteiger partial charge in [-0.15, -0.1) is 10.2 Å². The van der Waals surface area contributed by atoms with E-state index in [4.69, 9.17) is 4.98 Å². The second-order valence-electron chi connectivity index (χ2n) is 7.38. The maximum Gasteiger partial charge on any atom is 0.277 e. The van der Waals surface area contributed by atoms with Crippen molar-refractivity contribution in [3.05, 3.63) is 72.6 Å². The molecular weight excluding hydrogens is 376 g/mol. The summed E-state index contributed by atoms with van der Waals surface area (Å²) in [6.07, 6.45) is 5.48. The number of carbonyl (C=O) groups is 1. The lowest BCUT2D eigenvalue weighted by molar-refractivity contribution is 0.102. The first-order chi connectivity index (χ1) is 14.8. The minimum absolute atomic E-state index is 0.278. The van der Waals surface area contributed by atoms with Crippen molar-refractivity contribution in [2.24, 2.45) is 0 Å². The highest BCUT2D eigenvalue weighted by Gasteiger charge is 2.19. The van der Waals surface area contributed by atoms with Crippen LogP contribution in [0.25, 0.3) is 16.9 Å². The van der Waals surface area contributed by atoms with E-state index in [1.807, 2.05) is 65.2 Å². The molecule has 1 aromatic carbocycles. The molecule has 0 saturated carbocycles. The van der Waals surface area contributed by atoms with Crippen molar-refractivity contribution >= 4 is 23.2 Å². The summed E-state index contributed by atoms with van der Waals surface area (Å²) >= 11 is 0. The molecule has 30 heavy (non-hydrogen) atoms. The average Bonchev–Trinajstić information content (AvgIpc) is 3.19. The van der Waals surface area contributed by atoms with Gasteiger partial charge >= 0.3 is 0 Å². The molecule has 0 radical (unpaired) electrons. The Bertz CT molecular complexity index is 1160. The highest BCUT2D eigenvalue weighted by Crippen LogP contribution is 2.29. The normalized spacial score (nSPS) is 14.1. The zero-order chi connectivity index (χ0) is 20.3. The third-order valence-electron chi connectivity index (χ3n) is 5.37. The van der Waals surface area contributed by atoms with E-state index in [9.17, 15) is 4.79 Å². The van der Waals surface area contributed by atoms with Crippen molar-refractivity contribution in [2.45, 2.75) is 19.3 Å². The molecule has 1 aliphatic heterocycles. The maximum atomic E-state index is 13.0. The van der Waals surface area contributed by atoms with Gasteiger partial charge in [0.25, 0.3) is 5.91 Å². The fraction of sp³-hybridized carbons (Fsp3) is 0.217. The minimum Gasteiger partial charge on any atom is -0.355 e. The zero-order valence-electron chi connectivity index (χ0n) is 16.5. The summed E-state index contributed by atoms with van der Waals surface area (Å²) in [6, 6.07) is 19.2. The molecule has 150 valence electrons. The van der Waals surface area contributed by atoms with Gasteiger partial charge in [-0.25, -0.2) is 4.98 Å². The van der Waals surface area contributed by atoms with Gasteiger partial charge in [-0.05, 0) is 43.5 Å². The van der Waals surface area contributed by atoms with Crippen LogP contribution in [-0.2, 0) is 0 Å². The molecule has 0 atom stereocenters. The first-order valence-corrected chi connectivity index (χ1v) is 10.2. The van der Waals surface area contributed by atoms with E-state index in [2.05, 4.69) is 20.4 Å². The number of aromatic nitrogens is 4. The van der Waals surface area contributed by atoms with Crippen LogP contribution in [0.4, 0.5) is 11.6 Å². The van der Waals surface area contributed by atoms with E-state index in [0.717, 1.165) is 30.1 Å². The van der Waals surface area contributed by atoms with E-state index < -0.39 is 0 Å². The van der Waals surface area contributed by atoms with Crippen molar-refractivity contribution in [2.75, 3.05) is 23.3 Å². The molecule has 1 N–H and O–H groups in total. The van der Waals surface area contributed by atoms with Crippen LogP contribution in [0.2, 0.25) is 0 Å². The Morgan fingerprint density at radius 1 is 0.867 bits per heavy atom. The molecule has 1 aliphatic rings. The molecule has 0 unspecified atom stereocenters. The van der Waals surface area contributed by atoms with Crippen LogP contribution < -0.4 is 10.2 Å². The van der Waals surface area contributed by atoms with Crippen molar-refractivity contribution in [3.63, 3.8) is 0 Å². The fourth-order valence-corrected chi connectivity index (χ4v) is 3.82. The smallest absolute Gasteiger partial charge is 0.277 e. The predicted molar refractivity (Wildman–Crippen MR) is 117 cm³/mol. The molecule has 0 spiro atoms. The molecule has 7 heteroatoms. The minimum atomic E-state index is -0.310. The number of carbonyl (C=O) groups excluding carboxylic acids is 1. The number of anilines is 2. The third-order valence-corrected chi connectivity index (χ3v) is 5.37. The van der Waals surface area contributed by atoms with E-state index in [1.165, 1.54) is 19.3 Å². The Kier molecular flexibility index (Phi) is 4.85. The largest absolute Gasteiger partial charge is 0.355 e. The number of nitrogens with zero attached hydrogens (tertiary/aromatic N) is 5. The zero-order valence-corrected chi connectivity index (χ0v) is 16.5. The number of benzene rings is 1. The summed E-state index contributed by atoms with van der Waals surface area (Å²) in [6.45, 7) is 1.98. The lowest BCUT2D eigenvalue weighted by atomic mass is 10.1. The molecule has 4 aromatic rings. The van der Waals surface area contributed by atoms with Crippen LogP contribution in [0, 0.1) is 0 Å². The molecule has 7 nitrogen and oxygen atoms in total. The lowest BCUT2D eigenvalue weighted by Crippen LogP contribution is -2.30. The monoisotopic (exact) mass is 398 g/mol. The summed E-state index contributed by atoms with van der Waals surface area (Å²) < 4.78 is 1.87. The summed E-state index contributed by atoms with van der Waals surface area (Å²) in [5, 5.41) is 11.5. The standard InChI is InChI=1S/C23H22N6O/c30-23(18-12-13-20(27-26-18)28-14-6-2-7-15-28)25-22-21(17-9-3-1-4-10-17)24-19-11-5-8-16-29(19)22/h1,3-5,8-13,16H,2,6-7,14-15H2,(H,25,30). The maximum absolute atomic E-state index is 13.0. The molecule has 1 fully saturated rings. The van der Waals surface area contributed by atoms with E-state index in [-0.39, 0.29) is 11.6 Å². The van der Waals surface area contributed by atoms with Crippen LogP contribution in [0.15, 0.2) is 66.9 Å². The second kappa shape index (κ2) is 7.94. The molecule has 5 rings (SSSR count). The first kappa shape index (κ1) is 18.3. The number of fused-ring (bicyclic) bond motifs is 1. The van der Waals surface area contributed by atoms with Crippen LogP contribution in [0.5, 0.6) is 0 Å². The quantitative estimate of drug-likeness (QED) is 0.562. The second-order valence-corrected chi connectivity index (χ2v) is 7.38. The van der Waals surface area contributed by atoms with Crippen molar-refractivity contribution in [1.82, 2.24) is 19.6 Å². The van der Waals surface area contributed by atoms with Crippen LogP contribution >= 0.6 is 0 Å². The number of piperidine rings is 1. The Balaban J connectivity index is 1.44. The highest BCUT2D eigenvalue weighted by atomic mass is 16.2. The van der Waals surface area contributed by atoms with Gasteiger partial charge in [-0.2, -0.15) is 0 Å². The van der Waals surface area contributed by atoms with Crippen molar-refractivity contribution in [3.8, 4) is 11.3 Å². The number of rotatable bonds is 4. The van der Waals surface area contributed by atoms with Gasteiger partial charge in [-0.3, -0.25) is 9.20 Å². The molecule has 0 aliphatic carbocycles. The summed E-state index contributed by atoms with van der Waals surface area (Å²) in [7, 11) is 0. The van der Waals surface area contributed by atoms with Crippen LogP contribution in [0.3, 0.4) is 0 Å². The SMILES string of the molecule is O=C(Nc1c(-c2ccccc2)nc2ccccn12)c1ccc(N2CCCCC2)nn1. The van der Waals surface area contributed by atoms with Gasteiger partial charge in [0, 0.05) is 24.8 Å². The Hall–Kier alpha value is -3.74. The van der Waals surface area contributed by atoms with Gasteiger partial charge in [-0.1, -0.05) is 36.4 Å². The number of imidazole rings is 1. The fourth-order valence-electron chi connectivity index (χ4n) is 3.82. The molecule has 3 aromatic heterocycles. The van der Waals surface area contributed by atoms with Gasteiger partial charge in [0.05, 0.1) is 0 Å². The Labute approximate surface area is 174 Å². The van der Waals surface area contributed by atoms with E-state index in [1.54, 1.807) is 6.07 Å². The number of amides is 1.